The molecule has 39 heavy (non-hydrogen) atoms. The highest BCUT2D eigenvalue weighted by Gasteiger charge is 2.38. The van der Waals surface area contributed by atoms with Gasteiger partial charge in [0.25, 0.3) is 0 Å². The second-order valence-electron chi connectivity index (χ2n) is 10.0. The maximum atomic E-state index is 14.0. The maximum Gasteiger partial charge on any atom is 0.416 e. The first kappa shape index (κ1) is 27.1. The lowest BCUT2D eigenvalue weighted by Gasteiger charge is -2.34. The average molecular weight is 549 g/mol. The van der Waals surface area contributed by atoms with Crippen LogP contribution in [0.2, 0.25) is 0 Å². The Morgan fingerprint density at radius 2 is 1.77 bits per heavy atom. The lowest BCUT2D eigenvalue weighted by atomic mass is 9.96. The van der Waals surface area contributed by atoms with E-state index in [1.165, 1.54) is 20.3 Å². The summed E-state index contributed by atoms with van der Waals surface area (Å²) in [5.74, 6) is 0.801. The Bertz CT molecular complexity index is 1240. The van der Waals surface area contributed by atoms with Crippen LogP contribution in [0, 0.1) is 0 Å². The Morgan fingerprint density at radius 3 is 2.46 bits per heavy atom. The zero-order valence-corrected chi connectivity index (χ0v) is 21.9. The number of methoxy groups -OCH3 is 2. The number of halogens is 3. The number of esters is 1. The zero-order valence-electron chi connectivity index (χ0n) is 21.9. The van der Waals surface area contributed by atoms with Crippen LogP contribution in [0.3, 0.4) is 0 Å². The minimum Gasteiger partial charge on any atom is -0.492 e. The Kier molecular flexibility index (Phi) is 7.61. The number of ether oxygens (including phenoxy) is 4. The molecule has 2 atom stereocenters. The summed E-state index contributed by atoms with van der Waals surface area (Å²) in [6, 6.07) is 8.14. The molecule has 11 heteroatoms. The number of amides is 1. The molecule has 0 spiro atoms. The van der Waals surface area contributed by atoms with Gasteiger partial charge >= 0.3 is 18.2 Å². The van der Waals surface area contributed by atoms with Crippen molar-refractivity contribution in [2.45, 2.75) is 44.0 Å². The first-order valence-corrected chi connectivity index (χ1v) is 12.9. The van der Waals surface area contributed by atoms with Crippen LogP contribution in [0.4, 0.5) is 18.0 Å². The van der Waals surface area contributed by atoms with E-state index in [-0.39, 0.29) is 36.5 Å². The molecule has 2 aromatic rings. The van der Waals surface area contributed by atoms with Crippen molar-refractivity contribution in [3.05, 3.63) is 58.1 Å². The molecule has 0 aromatic heterocycles. The lowest BCUT2D eigenvalue weighted by Crippen LogP contribution is -2.48. The monoisotopic (exact) mass is 548 g/mol. The highest BCUT2D eigenvalue weighted by molar-refractivity contribution is 5.71. The summed E-state index contributed by atoms with van der Waals surface area (Å²) in [4.78, 5) is 27.0. The van der Waals surface area contributed by atoms with Crippen molar-refractivity contribution in [2.24, 2.45) is 0 Å². The number of rotatable bonds is 6. The maximum absolute atomic E-state index is 14.0. The first-order chi connectivity index (χ1) is 18.7. The predicted octanol–water partition coefficient (Wildman–Crippen LogP) is 4.69. The molecule has 5 rings (SSSR count). The minimum atomic E-state index is -4.48. The SMILES string of the molecule is COC(=O)C[C@@H]1COc2cc(O[C@@H]3CCc4c3ccc(C(F)(F)F)c4CN3CCN(C(=O)OC)CC3)ccc21. The van der Waals surface area contributed by atoms with Gasteiger partial charge in [-0.2, -0.15) is 13.2 Å². The van der Waals surface area contributed by atoms with E-state index in [1.807, 2.05) is 17.0 Å². The second-order valence-corrected chi connectivity index (χ2v) is 10.0. The van der Waals surface area contributed by atoms with Gasteiger partial charge in [0, 0.05) is 50.3 Å². The minimum absolute atomic E-state index is 0.0912. The zero-order chi connectivity index (χ0) is 27.7. The van der Waals surface area contributed by atoms with E-state index in [1.54, 1.807) is 11.0 Å². The van der Waals surface area contributed by atoms with Gasteiger partial charge in [0.05, 0.1) is 32.8 Å². The molecular weight excluding hydrogens is 517 g/mol. The van der Waals surface area contributed by atoms with Crippen LogP contribution in [-0.4, -0.2) is 68.9 Å². The van der Waals surface area contributed by atoms with Gasteiger partial charge in [-0.25, -0.2) is 4.79 Å². The van der Waals surface area contributed by atoms with E-state index in [4.69, 9.17) is 18.9 Å². The normalized spacial score (nSPS) is 20.7. The number of carbonyl (C=O) groups excluding carboxylic acids is 2. The van der Waals surface area contributed by atoms with E-state index in [9.17, 15) is 22.8 Å². The smallest absolute Gasteiger partial charge is 0.416 e. The summed E-state index contributed by atoms with van der Waals surface area (Å²) in [6.07, 6.45) is -4.03. The van der Waals surface area contributed by atoms with E-state index in [0.717, 1.165) is 17.2 Å². The number of hydrogen-bond donors (Lipinski definition) is 0. The summed E-state index contributed by atoms with van der Waals surface area (Å²) in [5, 5.41) is 0. The standard InChI is InChI=1S/C28H31F3N2O6/c1-36-26(34)13-17-16-38-25-14-18(3-4-19(17)25)39-24-8-6-20-21(24)5-7-23(28(29,30)31)22(20)15-32-9-11-33(12-10-32)27(35)37-2/h3-5,7,14,17,24H,6,8-13,15-16H2,1-2H3/t17-,24-/m1/s1. The van der Waals surface area contributed by atoms with Crippen LogP contribution in [0.1, 0.15) is 52.7 Å². The van der Waals surface area contributed by atoms with Gasteiger partial charge in [-0.15, -0.1) is 0 Å². The van der Waals surface area contributed by atoms with Crippen molar-refractivity contribution < 1.29 is 41.7 Å². The number of carbonyl (C=O) groups is 2. The van der Waals surface area contributed by atoms with Gasteiger partial charge < -0.3 is 23.8 Å². The average Bonchev–Trinajstić information content (AvgIpc) is 3.52. The summed E-state index contributed by atoms with van der Waals surface area (Å²) in [5.41, 5.74) is 2.00. The van der Waals surface area contributed by atoms with Crippen molar-refractivity contribution in [2.75, 3.05) is 47.0 Å². The van der Waals surface area contributed by atoms with Gasteiger partial charge in [0.2, 0.25) is 0 Å². The van der Waals surface area contributed by atoms with Gasteiger partial charge in [-0.05, 0) is 41.7 Å². The number of fused-ring (bicyclic) bond motifs is 2. The largest absolute Gasteiger partial charge is 0.492 e. The van der Waals surface area contributed by atoms with Gasteiger partial charge in [0.1, 0.15) is 17.6 Å². The predicted molar refractivity (Wildman–Crippen MR) is 134 cm³/mol. The Morgan fingerprint density at radius 1 is 1.03 bits per heavy atom. The van der Waals surface area contributed by atoms with Crippen LogP contribution in [-0.2, 0) is 33.4 Å². The molecule has 8 nitrogen and oxygen atoms in total. The third kappa shape index (κ3) is 5.63. The topological polar surface area (TPSA) is 77.5 Å². The summed E-state index contributed by atoms with van der Waals surface area (Å²) < 4.78 is 63.6. The number of nitrogens with zero attached hydrogens (tertiary/aromatic N) is 2. The summed E-state index contributed by atoms with van der Waals surface area (Å²) >= 11 is 0. The molecule has 0 saturated carbocycles. The molecule has 2 aliphatic heterocycles. The molecule has 0 unspecified atom stereocenters. The second kappa shape index (κ2) is 11.0. The lowest BCUT2D eigenvalue weighted by molar-refractivity contribution is -0.141. The third-order valence-electron chi connectivity index (χ3n) is 7.75. The number of alkyl halides is 3. The molecule has 2 heterocycles. The molecule has 1 saturated heterocycles. The Labute approximate surface area is 224 Å². The van der Waals surface area contributed by atoms with Crippen molar-refractivity contribution in [1.82, 2.24) is 9.80 Å². The van der Waals surface area contributed by atoms with Crippen molar-refractivity contribution in [3.63, 3.8) is 0 Å². The van der Waals surface area contributed by atoms with E-state index < -0.39 is 17.8 Å². The quantitative estimate of drug-likeness (QED) is 0.485. The molecule has 3 aliphatic rings. The number of hydrogen-bond acceptors (Lipinski definition) is 7. The van der Waals surface area contributed by atoms with Gasteiger partial charge in [-0.1, -0.05) is 12.1 Å². The fourth-order valence-electron chi connectivity index (χ4n) is 5.70. The Hall–Kier alpha value is -3.47. The molecule has 2 aromatic carbocycles. The van der Waals surface area contributed by atoms with Crippen LogP contribution >= 0.6 is 0 Å². The third-order valence-corrected chi connectivity index (χ3v) is 7.75. The molecular formula is C28H31F3N2O6. The van der Waals surface area contributed by atoms with Crippen molar-refractivity contribution >= 4 is 12.1 Å². The van der Waals surface area contributed by atoms with E-state index in [0.29, 0.717) is 62.7 Å². The fraction of sp³-hybridized carbons (Fsp3) is 0.500. The molecule has 1 amide bonds. The highest BCUT2D eigenvalue weighted by atomic mass is 19.4. The van der Waals surface area contributed by atoms with Crippen molar-refractivity contribution in [3.8, 4) is 11.5 Å². The fourth-order valence-corrected chi connectivity index (χ4v) is 5.70. The van der Waals surface area contributed by atoms with Crippen LogP contribution in [0.5, 0.6) is 11.5 Å². The first-order valence-electron chi connectivity index (χ1n) is 12.9. The van der Waals surface area contributed by atoms with Crippen LogP contribution < -0.4 is 9.47 Å². The molecule has 1 aliphatic carbocycles. The molecule has 210 valence electrons. The van der Waals surface area contributed by atoms with E-state index in [2.05, 4.69) is 0 Å². The van der Waals surface area contributed by atoms with E-state index >= 15 is 0 Å². The molecule has 1 fully saturated rings. The molecule has 0 N–H and O–H groups in total. The number of piperazine rings is 1. The number of benzene rings is 2. The van der Waals surface area contributed by atoms with Crippen LogP contribution in [0.25, 0.3) is 0 Å². The highest BCUT2D eigenvalue weighted by Crippen LogP contribution is 2.44. The Balaban J connectivity index is 1.34. The van der Waals surface area contributed by atoms with Crippen molar-refractivity contribution in [1.29, 1.82) is 0 Å². The summed E-state index contributed by atoms with van der Waals surface area (Å²) in [7, 11) is 2.66. The molecule has 0 bridgehead atoms. The molecule has 0 radical (unpaired) electrons. The van der Waals surface area contributed by atoms with Gasteiger partial charge in [-0.3, -0.25) is 9.69 Å². The van der Waals surface area contributed by atoms with Crippen LogP contribution in [0.15, 0.2) is 30.3 Å². The summed E-state index contributed by atoms with van der Waals surface area (Å²) in [6.45, 7) is 2.24. The van der Waals surface area contributed by atoms with Gasteiger partial charge in [0.15, 0.2) is 0 Å².